The summed E-state index contributed by atoms with van der Waals surface area (Å²) in [6.07, 6.45) is 1.57. The minimum Gasteiger partial charge on any atom is -0.496 e. The first-order chi connectivity index (χ1) is 18.8. The Hall–Kier alpha value is -3.95. The van der Waals surface area contributed by atoms with Gasteiger partial charge in [-0.1, -0.05) is 36.4 Å². The van der Waals surface area contributed by atoms with Gasteiger partial charge in [-0.05, 0) is 55.8 Å². The van der Waals surface area contributed by atoms with Crippen LogP contribution in [-0.2, 0) is 16.6 Å². The Morgan fingerprint density at radius 3 is 2.51 bits per heavy atom. The largest absolute Gasteiger partial charge is 0.496 e. The molecule has 1 aromatic heterocycles. The Labute approximate surface area is 229 Å². The Kier molecular flexibility index (Phi) is 7.54. The van der Waals surface area contributed by atoms with Gasteiger partial charge < -0.3 is 9.64 Å². The molecule has 1 N–H and O–H groups in total. The number of nitrogens with zero attached hydrogens (tertiary/aromatic N) is 3. The molecule has 0 radical (unpaired) electrons. The molecule has 0 unspecified atom stereocenters. The van der Waals surface area contributed by atoms with E-state index in [0.29, 0.717) is 23.3 Å². The highest BCUT2D eigenvalue weighted by molar-refractivity contribution is 7.93. The summed E-state index contributed by atoms with van der Waals surface area (Å²) < 4.78 is 34.4. The van der Waals surface area contributed by atoms with Gasteiger partial charge in [-0.3, -0.25) is 19.4 Å². The molecule has 0 bridgehead atoms. The molecule has 0 aliphatic carbocycles. The van der Waals surface area contributed by atoms with E-state index < -0.39 is 10.0 Å². The lowest BCUT2D eigenvalue weighted by atomic mass is 10.1. The van der Waals surface area contributed by atoms with Gasteiger partial charge in [-0.25, -0.2) is 8.42 Å². The summed E-state index contributed by atoms with van der Waals surface area (Å²) >= 11 is 0. The van der Waals surface area contributed by atoms with Gasteiger partial charge >= 0.3 is 0 Å². The van der Waals surface area contributed by atoms with Crippen molar-refractivity contribution < 1.29 is 17.9 Å². The zero-order valence-electron chi connectivity index (χ0n) is 22.3. The van der Waals surface area contributed by atoms with E-state index in [-0.39, 0.29) is 16.8 Å². The normalized spacial score (nSPS) is 16.3. The maximum Gasteiger partial charge on any atom is 0.264 e. The highest BCUT2D eigenvalue weighted by Gasteiger charge is 2.29. The molecule has 4 aromatic rings. The van der Waals surface area contributed by atoms with E-state index in [0.717, 1.165) is 41.9 Å². The number of piperazine rings is 1. The number of hydrogen-bond acceptors (Lipinski definition) is 6. The van der Waals surface area contributed by atoms with Crippen LogP contribution in [0, 0.1) is 6.92 Å². The number of methoxy groups -OCH3 is 1. The van der Waals surface area contributed by atoms with Crippen LogP contribution in [0.2, 0.25) is 0 Å². The molecule has 8 nitrogen and oxygen atoms in total. The monoisotopic (exact) mass is 544 g/mol. The van der Waals surface area contributed by atoms with Crippen molar-refractivity contribution in [2.45, 2.75) is 31.3 Å². The number of rotatable bonds is 7. The second-order valence-corrected chi connectivity index (χ2v) is 11.5. The Morgan fingerprint density at radius 2 is 1.77 bits per heavy atom. The molecule has 1 atom stereocenters. The van der Waals surface area contributed by atoms with Crippen LogP contribution in [0.5, 0.6) is 5.75 Å². The third-order valence-corrected chi connectivity index (χ3v) is 8.55. The number of sulfonamides is 1. The molecule has 5 rings (SSSR count). The predicted molar refractivity (Wildman–Crippen MR) is 152 cm³/mol. The second-order valence-electron chi connectivity index (χ2n) is 9.86. The fraction of sp³-hybridized carbons (Fsp3) is 0.267. The molecule has 202 valence electrons. The molecule has 3 aromatic carbocycles. The fourth-order valence-corrected chi connectivity index (χ4v) is 6.44. The van der Waals surface area contributed by atoms with Gasteiger partial charge in [0.25, 0.3) is 15.9 Å². The number of amides is 1. The van der Waals surface area contributed by atoms with Crippen molar-refractivity contribution in [2.24, 2.45) is 0 Å². The molecule has 0 spiro atoms. The minimum absolute atomic E-state index is 0.0269. The highest BCUT2D eigenvalue weighted by atomic mass is 32.2. The number of fused-ring (bicyclic) bond motifs is 1. The molecule has 1 saturated heterocycles. The van der Waals surface area contributed by atoms with E-state index in [9.17, 15) is 13.2 Å². The van der Waals surface area contributed by atoms with E-state index in [1.807, 2.05) is 36.1 Å². The van der Waals surface area contributed by atoms with Crippen molar-refractivity contribution in [1.82, 2.24) is 14.8 Å². The van der Waals surface area contributed by atoms with Gasteiger partial charge in [0.15, 0.2) is 0 Å². The van der Waals surface area contributed by atoms with E-state index in [1.165, 1.54) is 6.07 Å². The van der Waals surface area contributed by atoms with Crippen molar-refractivity contribution in [2.75, 3.05) is 31.5 Å². The van der Waals surface area contributed by atoms with Crippen LogP contribution in [0.3, 0.4) is 0 Å². The van der Waals surface area contributed by atoms with Crippen LogP contribution in [0.1, 0.15) is 28.4 Å². The molecule has 1 aliphatic heterocycles. The molecule has 1 fully saturated rings. The van der Waals surface area contributed by atoms with E-state index in [4.69, 9.17) is 4.74 Å². The Balaban J connectivity index is 1.24. The average molecular weight is 545 g/mol. The maximum atomic E-state index is 13.3. The molecule has 2 heterocycles. The molecule has 39 heavy (non-hydrogen) atoms. The minimum atomic E-state index is -3.86. The standard InChI is InChI=1S/C30H32N4O4S/c1-21-7-4-9-25(29(21)38-3)20-33-17-18-34(22(2)19-33)30(35)24-12-14-26(15-13-24)32-39(36,37)27-11-5-8-23-10-6-16-31-28(23)27/h4-16,22,32H,17-20H2,1-3H3/t22-/m1/s1. The topological polar surface area (TPSA) is 91.8 Å². The van der Waals surface area contributed by atoms with Crippen LogP contribution in [0.25, 0.3) is 10.9 Å². The zero-order chi connectivity index (χ0) is 27.6. The lowest BCUT2D eigenvalue weighted by molar-refractivity contribution is 0.0474. The first-order valence-electron chi connectivity index (χ1n) is 12.9. The number of anilines is 1. The number of nitrogens with one attached hydrogen (secondary N) is 1. The molecule has 0 saturated carbocycles. The van der Waals surface area contributed by atoms with Crippen LogP contribution >= 0.6 is 0 Å². The van der Waals surface area contributed by atoms with Crippen molar-refractivity contribution in [3.8, 4) is 5.75 Å². The number of para-hydroxylation sites is 2. The van der Waals surface area contributed by atoms with E-state index >= 15 is 0 Å². The van der Waals surface area contributed by atoms with Gasteiger partial charge in [0.05, 0.1) is 12.6 Å². The summed E-state index contributed by atoms with van der Waals surface area (Å²) in [5, 5.41) is 0.744. The van der Waals surface area contributed by atoms with Gasteiger partial charge in [0.1, 0.15) is 10.6 Å². The van der Waals surface area contributed by atoms with Crippen molar-refractivity contribution in [1.29, 1.82) is 0 Å². The van der Waals surface area contributed by atoms with Gasteiger partial charge in [0, 0.05) is 60.6 Å². The first-order valence-corrected chi connectivity index (χ1v) is 14.4. The van der Waals surface area contributed by atoms with Gasteiger partial charge in [-0.2, -0.15) is 0 Å². The number of hydrogen-bond donors (Lipinski definition) is 1. The van der Waals surface area contributed by atoms with Crippen molar-refractivity contribution in [3.05, 3.63) is 95.7 Å². The Bertz CT molecular complexity index is 1600. The van der Waals surface area contributed by atoms with Crippen LogP contribution in [0.4, 0.5) is 5.69 Å². The molecular formula is C30H32N4O4S. The number of carbonyl (C=O) groups excluding carboxylic acids is 1. The summed E-state index contributed by atoms with van der Waals surface area (Å²) in [5.41, 5.74) is 3.56. The molecular weight excluding hydrogens is 512 g/mol. The van der Waals surface area contributed by atoms with Gasteiger partial charge in [0.2, 0.25) is 0 Å². The molecule has 9 heteroatoms. The number of carbonyl (C=O) groups is 1. The number of aromatic nitrogens is 1. The smallest absolute Gasteiger partial charge is 0.264 e. The van der Waals surface area contributed by atoms with Gasteiger partial charge in [-0.15, -0.1) is 0 Å². The summed E-state index contributed by atoms with van der Waals surface area (Å²) in [4.78, 5) is 21.9. The summed E-state index contributed by atoms with van der Waals surface area (Å²) in [7, 11) is -2.17. The number of pyridine rings is 1. The van der Waals surface area contributed by atoms with Crippen LogP contribution in [0.15, 0.2) is 83.9 Å². The SMILES string of the molecule is COc1c(C)cccc1CN1CCN(C(=O)c2ccc(NS(=O)(=O)c3cccc4cccnc34)cc2)[C@H](C)C1. The van der Waals surface area contributed by atoms with E-state index in [1.54, 1.807) is 49.7 Å². The predicted octanol–water partition coefficient (Wildman–Crippen LogP) is 4.70. The van der Waals surface area contributed by atoms with Crippen LogP contribution in [-0.4, -0.2) is 61.9 Å². The zero-order valence-corrected chi connectivity index (χ0v) is 23.1. The second kappa shape index (κ2) is 11.0. The van der Waals surface area contributed by atoms with Crippen molar-refractivity contribution >= 4 is 32.5 Å². The van der Waals surface area contributed by atoms with E-state index in [2.05, 4.69) is 27.6 Å². The number of aryl methyl sites for hydroxylation is 1. The summed E-state index contributed by atoms with van der Waals surface area (Å²) in [6.45, 7) is 6.97. The quantitative estimate of drug-likeness (QED) is 0.363. The summed E-state index contributed by atoms with van der Waals surface area (Å²) in [6, 6.07) is 21.4. The maximum absolute atomic E-state index is 13.3. The third-order valence-electron chi connectivity index (χ3n) is 7.13. The fourth-order valence-electron chi connectivity index (χ4n) is 5.20. The lowest BCUT2D eigenvalue weighted by Crippen LogP contribution is -2.53. The summed E-state index contributed by atoms with van der Waals surface area (Å²) in [5.74, 6) is 0.846. The Morgan fingerprint density at radius 1 is 1.03 bits per heavy atom. The third kappa shape index (κ3) is 5.60. The lowest BCUT2D eigenvalue weighted by Gasteiger charge is -2.40. The van der Waals surface area contributed by atoms with Crippen molar-refractivity contribution in [3.63, 3.8) is 0 Å². The molecule has 1 amide bonds. The average Bonchev–Trinajstić information content (AvgIpc) is 2.93. The first kappa shape index (κ1) is 26.6. The highest BCUT2D eigenvalue weighted by Crippen LogP contribution is 2.26. The molecule has 1 aliphatic rings. The number of ether oxygens (including phenoxy) is 1. The number of benzene rings is 3. The van der Waals surface area contributed by atoms with Crippen LogP contribution < -0.4 is 9.46 Å².